The number of benzene rings is 1. The van der Waals surface area contributed by atoms with E-state index in [4.69, 9.17) is 10.0 Å². The zero-order valence-corrected chi connectivity index (χ0v) is 8.59. The van der Waals surface area contributed by atoms with Gasteiger partial charge >= 0.3 is 7.12 Å². The molecule has 2 aromatic rings. The van der Waals surface area contributed by atoms with Crippen LogP contribution in [-0.2, 0) is 12.9 Å². The summed E-state index contributed by atoms with van der Waals surface area (Å²) in [6, 6.07) is 7.79. The fraction of sp³-hybridized carbons (Fsp3) is 0.300. The highest BCUT2D eigenvalue weighted by Gasteiger charge is 2.15. The highest BCUT2D eigenvalue weighted by Crippen LogP contribution is 2.16. The molecule has 0 saturated heterocycles. The van der Waals surface area contributed by atoms with Gasteiger partial charge in [-0.3, -0.25) is 0 Å². The van der Waals surface area contributed by atoms with Crippen molar-refractivity contribution in [1.29, 1.82) is 0 Å². The van der Waals surface area contributed by atoms with Crippen LogP contribution < -0.4 is 0 Å². The number of hydrogen-bond donors (Lipinski definition) is 2. The standard InChI is InChI=1S/C10H13BN2O2/c1-2-13-9-6-4-3-5-8(9)12-10(13)7-11(14)15/h3-6,14-15H,2,7H2,1H3. The molecule has 1 heterocycles. The lowest BCUT2D eigenvalue weighted by atomic mass is 9.86. The van der Waals surface area contributed by atoms with Gasteiger partial charge in [0, 0.05) is 12.9 Å². The number of hydrogen-bond acceptors (Lipinski definition) is 3. The lowest BCUT2D eigenvalue weighted by molar-refractivity contribution is 0.402. The molecule has 2 N–H and O–H groups in total. The lowest BCUT2D eigenvalue weighted by Gasteiger charge is -2.04. The number of aromatic nitrogens is 2. The molecule has 0 amide bonds. The Bertz CT molecular complexity index is 467. The van der Waals surface area contributed by atoms with Gasteiger partial charge in [0.25, 0.3) is 0 Å². The summed E-state index contributed by atoms with van der Waals surface area (Å²) in [7, 11) is -1.34. The molecule has 0 spiro atoms. The maximum atomic E-state index is 8.95. The minimum atomic E-state index is -1.34. The van der Waals surface area contributed by atoms with Gasteiger partial charge in [0.1, 0.15) is 5.82 Å². The van der Waals surface area contributed by atoms with Gasteiger partial charge in [-0.1, -0.05) is 12.1 Å². The van der Waals surface area contributed by atoms with Crippen molar-refractivity contribution in [2.75, 3.05) is 0 Å². The van der Waals surface area contributed by atoms with Crippen molar-refractivity contribution in [2.45, 2.75) is 19.8 Å². The minimum absolute atomic E-state index is 0.169. The van der Waals surface area contributed by atoms with Crippen LogP contribution in [-0.4, -0.2) is 26.7 Å². The van der Waals surface area contributed by atoms with Crippen LogP contribution in [0.25, 0.3) is 11.0 Å². The molecule has 0 radical (unpaired) electrons. The summed E-state index contributed by atoms with van der Waals surface area (Å²) in [4.78, 5) is 4.37. The minimum Gasteiger partial charge on any atom is -0.427 e. The number of rotatable bonds is 3. The van der Waals surface area contributed by atoms with Crippen LogP contribution in [0, 0.1) is 0 Å². The Balaban J connectivity index is 2.54. The summed E-state index contributed by atoms with van der Waals surface area (Å²) in [6.45, 7) is 2.80. The topological polar surface area (TPSA) is 58.3 Å². The first kappa shape index (κ1) is 10.2. The Morgan fingerprint density at radius 3 is 2.73 bits per heavy atom. The van der Waals surface area contributed by atoms with E-state index in [0.717, 1.165) is 17.6 Å². The van der Waals surface area contributed by atoms with Crippen molar-refractivity contribution in [2.24, 2.45) is 0 Å². The highest BCUT2D eigenvalue weighted by molar-refractivity contribution is 6.40. The monoisotopic (exact) mass is 204 g/mol. The first-order chi connectivity index (χ1) is 7.22. The SMILES string of the molecule is CCn1c(CB(O)O)nc2ccccc21. The van der Waals surface area contributed by atoms with Crippen molar-refractivity contribution in [1.82, 2.24) is 9.55 Å². The average Bonchev–Trinajstić information content (AvgIpc) is 2.53. The van der Waals surface area contributed by atoms with Crippen LogP contribution in [0.5, 0.6) is 0 Å². The number of imidazole rings is 1. The molecule has 0 aliphatic heterocycles. The molecular formula is C10H13BN2O2. The van der Waals surface area contributed by atoms with E-state index in [-0.39, 0.29) is 6.32 Å². The molecule has 0 unspecified atom stereocenters. The van der Waals surface area contributed by atoms with Gasteiger partial charge in [-0.15, -0.1) is 0 Å². The Kier molecular flexibility index (Phi) is 2.75. The van der Waals surface area contributed by atoms with Gasteiger partial charge in [0.2, 0.25) is 0 Å². The van der Waals surface area contributed by atoms with Crippen LogP contribution in [0.3, 0.4) is 0 Å². The molecular weight excluding hydrogens is 191 g/mol. The third-order valence-electron chi connectivity index (χ3n) is 2.41. The predicted molar refractivity (Wildman–Crippen MR) is 59.3 cm³/mol. The van der Waals surface area contributed by atoms with E-state index in [1.807, 2.05) is 35.8 Å². The summed E-state index contributed by atoms with van der Waals surface area (Å²) in [5.74, 6) is 0.716. The number of nitrogens with zero attached hydrogens (tertiary/aromatic N) is 2. The van der Waals surface area contributed by atoms with Gasteiger partial charge in [-0.05, 0) is 19.1 Å². The first-order valence-corrected chi connectivity index (χ1v) is 5.02. The summed E-state index contributed by atoms with van der Waals surface area (Å²) in [6.07, 6.45) is 0.169. The fourth-order valence-electron chi connectivity index (χ4n) is 1.80. The largest absolute Gasteiger partial charge is 0.459 e. The molecule has 0 fully saturated rings. The first-order valence-electron chi connectivity index (χ1n) is 5.02. The van der Waals surface area contributed by atoms with Gasteiger partial charge in [-0.2, -0.15) is 0 Å². The van der Waals surface area contributed by atoms with E-state index in [0.29, 0.717) is 5.82 Å². The smallest absolute Gasteiger partial charge is 0.427 e. The summed E-state index contributed by atoms with van der Waals surface area (Å²) in [5.41, 5.74) is 1.94. The predicted octanol–water partition coefficient (Wildman–Crippen LogP) is 0.611. The normalized spacial score (nSPS) is 10.9. The second-order valence-electron chi connectivity index (χ2n) is 3.45. The molecule has 0 aliphatic carbocycles. The van der Waals surface area contributed by atoms with Crippen LogP contribution >= 0.6 is 0 Å². The Morgan fingerprint density at radius 2 is 2.07 bits per heavy atom. The van der Waals surface area contributed by atoms with Crippen molar-refractivity contribution >= 4 is 18.2 Å². The van der Waals surface area contributed by atoms with Crippen LogP contribution in [0.2, 0.25) is 0 Å². The molecule has 0 aliphatic rings. The van der Waals surface area contributed by atoms with Crippen molar-refractivity contribution in [3.05, 3.63) is 30.1 Å². The number of para-hydroxylation sites is 2. The van der Waals surface area contributed by atoms with Gasteiger partial charge < -0.3 is 14.6 Å². The molecule has 78 valence electrons. The fourth-order valence-corrected chi connectivity index (χ4v) is 1.80. The molecule has 1 aromatic carbocycles. The maximum Gasteiger partial charge on any atom is 0.459 e. The quantitative estimate of drug-likeness (QED) is 0.720. The second-order valence-corrected chi connectivity index (χ2v) is 3.45. The maximum absolute atomic E-state index is 8.95. The van der Waals surface area contributed by atoms with E-state index in [2.05, 4.69) is 4.98 Å². The van der Waals surface area contributed by atoms with Crippen LogP contribution in [0.1, 0.15) is 12.7 Å². The number of fused-ring (bicyclic) bond motifs is 1. The summed E-state index contributed by atoms with van der Waals surface area (Å²) in [5, 5.41) is 17.9. The Labute approximate surface area is 88.3 Å². The average molecular weight is 204 g/mol. The summed E-state index contributed by atoms with van der Waals surface area (Å²) >= 11 is 0. The lowest BCUT2D eigenvalue weighted by Crippen LogP contribution is -2.18. The van der Waals surface area contributed by atoms with E-state index in [9.17, 15) is 0 Å². The van der Waals surface area contributed by atoms with Gasteiger partial charge in [0.05, 0.1) is 11.0 Å². The Morgan fingerprint density at radius 1 is 1.33 bits per heavy atom. The van der Waals surface area contributed by atoms with E-state index < -0.39 is 7.12 Å². The molecule has 2 rings (SSSR count). The molecule has 0 saturated carbocycles. The van der Waals surface area contributed by atoms with Crippen LogP contribution in [0.4, 0.5) is 0 Å². The number of aryl methyl sites for hydroxylation is 1. The van der Waals surface area contributed by atoms with Crippen molar-refractivity contribution in [3.8, 4) is 0 Å². The van der Waals surface area contributed by atoms with E-state index in [1.54, 1.807) is 0 Å². The van der Waals surface area contributed by atoms with Crippen molar-refractivity contribution in [3.63, 3.8) is 0 Å². The summed E-state index contributed by atoms with van der Waals surface area (Å²) < 4.78 is 1.99. The Hall–Kier alpha value is -1.33. The third kappa shape index (κ3) is 1.89. The molecule has 5 heteroatoms. The second kappa shape index (κ2) is 4.04. The zero-order valence-electron chi connectivity index (χ0n) is 8.59. The van der Waals surface area contributed by atoms with E-state index in [1.165, 1.54) is 0 Å². The molecule has 1 aromatic heterocycles. The van der Waals surface area contributed by atoms with Gasteiger partial charge in [0.15, 0.2) is 0 Å². The zero-order chi connectivity index (χ0) is 10.8. The molecule has 0 atom stereocenters. The van der Waals surface area contributed by atoms with Gasteiger partial charge in [-0.25, -0.2) is 4.98 Å². The van der Waals surface area contributed by atoms with Crippen molar-refractivity contribution < 1.29 is 10.0 Å². The molecule has 0 bridgehead atoms. The molecule has 4 nitrogen and oxygen atoms in total. The third-order valence-corrected chi connectivity index (χ3v) is 2.41. The molecule has 15 heavy (non-hydrogen) atoms. The highest BCUT2D eigenvalue weighted by atomic mass is 16.4. The van der Waals surface area contributed by atoms with Crippen LogP contribution in [0.15, 0.2) is 24.3 Å². The van der Waals surface area contributed by atoms with E-state index >= 15 is 0 Å².